The molecule has 5 nitrogen and oxygen atoms in total. The minimum absolute atomic E-state index is 0.116. The highest BCUT2D eigenvalue weighted by molar-refractivity contribution is 7.98. The lowest BCUT2D eigenvalue weighted by molar-refractivity contribution is -0.138. The molecule has 0 aromatic heterocycles. The van der Waals surface area contributed by atoms with Gasteiger partial charge in [-0.2, -0.15) is 11.8 Å². The van der Waals surface area contributed by atoms with E-state index in [-0.39, 0.29) is 17.1 Å². The molecule has 0 radical (unpaired) electrons. The number of thioether (sulfide) groups is 1. The molecule has 0 aliphatic rings. The number of phenolic OH excluding ortho intramolecular Hbond substituents is 2. The minimum Gasteiger partial charge on any atom is -0.507 e. The first-order chi connectivity index (χ1) is 8.97. The smallest absolute Gasteiger partial charge is 0.328 e. The molecule has 0 saturated heterocycles. The van der Waals surface area contributed by atoms with Crippen molar-refractivity contribution in [2.24, 2.45) is 4.99 Å². The molecule has 19 heavy (non-hydrogen) atoms. The lowest BCUT2D eigenvalue weighted by atomic mass is 10.1. The van der Waals surface area contributed by atoms with Crippen LogP contribution in [0.15, 0.2) is 23.2 Å². The molecule has 1 aromatic carbocycles. The van der Waals surface area contributed by atoms with Crippen LogP contribution in [-0.2, 0) is 4.79 Å². The molecule has 104 valence electrons. The van der Waals surface area contributed by atoms with Gasteiger partial charge in [0.05, 0.1) is 5.56 Å². The van der Waals surface area contributed by atoms with E-state index < -0.39 is 12.0 Å². The summed E-state index contributed by atoms with van der Waals surface area (Å²) < 4.78 is 0. The quantitative estimate of drug-likeness (QED) is 0.696. The van der Waals surface area contributed by atoms with E-state index in [0.717, 1.165) is 0 Å². The number of carboxylic acids is 1. The summed E-state index contributed by atoms with van der Waals surface area (Å²) in [4.78, 5) is 15.2. The van der Waals surface area contributed by atoms with Gasteiger partial charge in [-0.25, -0.2) is 4.79 Å². The zero-order chi connectivity index (χ0) is 14.4. The van der Waals surface area contributed by atoms with Crippen LogP contribution < -0.4 is 0 Å². The first-order valence-electron chi connectivity index (χ1n) is 5.74. The van der Waals surface area contributed by atoms with Crippen LogP contribution in [0.1, 0.15) is 18.9 Å². The van der Waals surface area contributed by atoms with Crippen LogP contribution in [-0.4, -0.2) is 45.1 Å². The summed E-state index contributed by atoms with van der Waals surface area (Å²) >= 11 is 1.55. The predicted octanol–water partition coefficient (Wildman–Crippen LogP) is 2.11. The number of hydrogen-bond donors (Lipinski definition) is 3. The molecule has 3 N–H and O–H groups in total. The summed E-state index contributed by atoms with van der Waals surface area (Å²) in [6.45, 7) is 1.57. The number of aliphatic imine (C=N–C) groups is 1. The summed E-state index contributed by atoms with van der Waals surface area (Å²) in [6, 6.07) is 3.48. The molecular formula is C13H17NO4S. The van der Waals surface area contributed by atoms with E-state index in [1.165, 1.54) is 18.2 Å². The van der Waals surface area contributed by atoms with Crippen molar-refractivity contribution < 1.29 is 20.1 Å². The van der Waals surface area contributed by atoms with Crippen LogP contribution in [0, 0.1) is 0 Å². The van der Waals surface area contributed by atoms with Crippen LogP contribution >= 0.6 is 11.8 Å². The van der Waals surface area contributed by atoms with Crippen LogP contribution in [0.25, 0.3) is 0 Å². The Labute approximate surface area is 116 Å². The van der Waals surface area contributed by atoms with Gasteiger partial charge in [0.1, 0.15) is 17.5 Å². The average molecular weight is 283 g/mol. The second-order valence-corrected chi connectivity index (χ2v) is 5.01. The van der Waals surface area contributed by atoms with Crippen LogP contribution in [0.2, 0.25) is 0 Å². The fraction of sp³-hybridized carbons (Fsp3) is 0.385. The van der Waals surface area contributed by atoms with E-state index >= 15 is 0 Å². The molecule has 1 atom stereocenters. The third-order valence-corrected chi connectivity index (χ3v) is 3.26. The van der Waals surface area contributed by atoms with E-state index in [4.69, 9.17) is 5.11 Å². The number of rotatable bonds is 6. The Balaban J connectivity index is 3.04. The van der Waals surface area contributed by atoms with Gasteiger partial charge in [-0.1, -0.05) is 6.07 Å². The molecule has 6 heteroatoms. The Morgan fingerprint density at radius 2 is 1.95 bits per heavy atom. The first-order valence-corrected chi connectivity index (χ1v) is 7.14. The number of carboxylic acid groups (broad SMARTS) is 1. The maximum Gasteiger partial charge on any atom is 0.328 e. The molecule has 0 bridgehead atoms. The van der Waals surface area contributed by atoms with Gasteiger partial charge in [0.2, 0.25) is 0 Å². The van der Waals surface area contributed by atoms with Crippen molar-refractivity contribution >= 4 is 23.4 Å². The van der Waals surface area contributed by atoms with Gasteiger partial charge in [0.25, 0.3) is 0 Å². The van der Waals surface area contributed by atoms with Crippen molar-refractivity contribution in [2.45, 2.75) is 19.4 Å². The van der Waals surface area contributed by atoms with Gasteiger partial charge < -0.3 is 15.3 Å². The molecule has 0 spiro atoms. The van der Waals surface area contributed by atoms with E-state index in [9.17, 15) is 15.0 Å². The normalized spacial score (nSPS) is 13.3. The Morgan fingerprint density at radius 1 is 1.37 bits per heavy atom. The highest BCUT2D eigenvalue weighted by atomic mass is 32.2. The third kappa shape index (κ3) is 4.17. The van der Waals surface area contributed by atoms with Gasteiger partial charge in [0.15, 0.2) is 0 Å². The van der Waals surface area contributed by atoms with Crippen LogP contribution in [0.5, 0.6) is 11.5 Å². The molecular weight excluding hydrogens is 266 g/mol. The summed E-state index contributed by atoms with van der Waals surface area (Å²) in [7, 11) is 0. The summed E-state index contributed by atoms with van der Waals surface area (Å²) in [5.74, 6) is -0.561. The van der Waals surface area contributed by atoms with Crippen molar-refractivity contribution in [1.82, 2.24) is 0 Å². The highest BCUT2D eigenvalue weighted by Crippen LogP contribution is 2.27. The predicted molar refractivity (Wildman–Crippen MR) is 76.4 cm³/mol. The average Bonchev–Trinajstić information content (AvgIpc) is 2.33. The standard InChI is InChI=1S/C13H17NO4S/c1-8(12-10(15)4-3-5-11(12)16)14-9(13(17)18)6-7-19-2/h3-5,9,15-16H,6-7H2,1-2H3,(H,17,18). The van der Waals surface area contributed by atoms with Crippen LogP contribution in [0.3, 0.4) is 0 Å². The third-order valence-electron chi connectivity index (χ3n) is 2.61. The molecule has 0 aliphatic carbocycles. The summed E-state index contributed by atoms with van der Waals surface area (Å²) in [5, 5.41) is 28.5. The summed E-state index contributed by atoms with van der Waals surface area (Å²) in [6.07, 6.45) is 2.30. The zero-order valence-electron chi connectivity index (χ0n) is 10.8. The van der Waals surface area contributed by atoms with E-state index in [2.05, 4.69) is 4.99 Å². The van der Waals surface area contributed by atoms with Crippen molar-refractivity contribution in [3.05, 3.63) is 23.8 Å². The molecule has 0 saturated carbocycles. The number of phenols is 2. The maximum absolute atomic E-state index is 11.1. The number of benzene rings is 1. The lowest BCUT2D eigenvalue weighted by Gasteiger charge is -2.11. The second kappa shape index (κ2) is 7.04. The van der Waals surface area contributed by atoms with E-state index in [0.29, 0.717) is 17.9 Å². The Morgan fingerprint density at radius 3 is 2.42 bits per heavy atom. The minimum atomic E-state index is -1.01. The number of hydrogen-bond acceptors (Lipinski definition) is 5. The molecule has 1 aromatic rings. The van der Waals surface area contributed by atoms with Gasteiger partial charge >= 0.3 is 5.97 Å². The van der Waals surface area contributed by atoms with Crippen molar-refractivity contribution in [3.63, 3.8) is 0 Å². The number of carbonyl (C=O) groups is 1. The molecule has 1 unspecified atom stereocenters. The molecule has 0 heterocycles. The summed E-state index contributed by atoms with van der Waals surface area (Å²) in [5.41, 5.74) is 0.488. The molecule has 1 rings (SSSR count). The van der Waals surface area contributed by atoms with E-state index in [1.807, 2.05) is 6.26 Å². The fourth-order valence-corrected chi connectivity index (χ4v) is 2.13. The van der Waals surface area contributed by atoms with Gasteiger partial charge in [-0.05, 0) is 37.5 Å². The number of aliphatic carboxylic acids is 1. The topological polar surface area (TPSA) is 90.1 Å². The Hall–Kier alpha value is -1.69. The van der Waals surface area contributed by atoms with Crippen molar-refractivity contribution in [1.29, 1.82) is 0 Å². The lowest BCUT2D eigenvalue weighted by Crippen LogP contribution is -2.20. The van der Waals surface area contributed by atoms with E-state index in [1.54, 1.807) is 18.7 Å². The second-order valence-electron chi connectivity index (χ2n) is 4.02. The van der Waals surface area contributed by atoms with Crippen molar-refractivity contribution in [3.8, 4) is 11.5 Å². The van der Waals surface area contributed by atoms with Gasteiger partial charge in [-0.3, -0.25) is 4.99 Å². The fourth-order valence-electron chi connectivity index (χ4n) is 1.67. The molecule has 0 aliphatic heterocycles. The monoisotopic (exact) mass is 283 g/mol. The number of aromatic hydroxyl groups is 2. The van der Waals surface area contributed by atoms with Gasteiger partial charge in [-0.15, -0.1) is 0 Å². The maximum atomic E-state index is 11.1. The largest absolute Gasteiger partial charge is 0.507 e. The van der Waals surface area contributed by atoms with Crippen molar-refractivity contribution in [2.75, 3.05) is 12.0 Å². The van der Waals surface area contributed by atoms with Crippen LogP contribution in [0.4, 0.5) is 0 Å². The number of nitrogens with zero attached hydrogens (tertiary/aromatic N) is 1. The first kappa shape index (κ1) is 15.4. The Bertz CT molecular complexity index is 467. The Kier molecular flexibility index (Phi) is 5.69. The zero-order valence-corrected chi connectivity index (χ0v) is 11.6. The highest BCUT2D eigenvalue weighted by Gasteiger charge is 2.18. The SMILES string of the molecule is CSCCC(N=C(C)c1c(O)cccc1O)C(=O)O. The molecule has 0 fully saturated rings. The molecule has 0 amide bonds. The van der Waals surface area contributed by atoms with Gasteiger partial charge in [0, 0.05) is 5.71 Å².